The Morgan fingerprint density at radius 2 is 1.89 bits per heavy atom. The van der Waals surface area contributed by atoms with Crippen LogP contribution in [0.3, 0.4) is 0 Å². The summed E-state index contributed by atoms with van der Waals surface area (Å²) in [6.07, 6.45) is 2.53. The molecule has 0 bridgehead atoms. The number of nitrogens with zero attached hydrogens (tertiary/aromatic N) is 3. The third kappa shape index (κ3) is 4.43. The second-order valence-corrected chi connectivity index (χ2v) is 8.27. The summed E-state index contributed by atoms with van der Waals surface area (Å²) in [6.45, 7) is 7.72. The van der Waals surface area contributed by atoms with Gasteiger partial charge in [-0.05, 0) is 49.8 Å². The minimum absolute atomic E-state index is 0.520. The lowest BCUT2D eigenvalue weighted by molar-refractivity contribution is 0.00447. The van der Waals surface area contributed by atoms with E-state index in [2.05, 4.69) is 10.00 Å². The van der Waals surface area contributed by atoms with Gasteiger partial charge in [0.1, 0.15) is 0 Å². The summed E-state index contributed by atoms with van der Waals surface area (Å²) in [4.78, 5) is 2.52. The minimum Gasteiger partial charge on any atom is -0.476 e. The summed E-state index contributed by atoms with van der Waals surface area (Å²) < 4.78 is 13.3. The van der Waals surface area contributed by atoms with Gasteiger partial charge in [0.2, 0.25) is 5.88 Å². The number of benzene rings is 1. The first-order chi connectivity index (χ1) is 13.1. The summed E-state index contributed by atoms with van der Waals surface area (Å²) in [5.74, 6) is 2.00. The van der Waals surface area contributed by atoms with E-state index in [4.69, 9.17) is 32.7 Å². The Balaban J connectivity index is 1.34. The van der Waals surface area contributed by atoms with Gasteiger partial charge >= 0.3 is 0 Å². The van der Waals surface area contributed by atoms with E-state index in [0.29, 0.717) is 21.8 Å². The zero-order valence-corrected chi connectivity index (χ0v) is 17.0. The van der Waals surface area contributed by atoms with Crippen LogP contribution in [0.15, 0.2) is 24.3 Å². The molecule has 2 fully saturated rings. The zero-order valence-electron chi connectivity index (χ0n) is 15.5. The Kier molecular flexibility index (Phi) is 5.93. The van der Waals surface area contributed by atoms with Crippen LogP contribution in [-0.4, -0.2) is 54.1 Å². The van der Waals surface area contributed by atoms with E-state index in [1.54, 1.807) is 6.07 Å². The van der Waals surface area contributed by atoms with Crippen molar-refractivity contribution in [1.82, 2.24) is 14.7 Å². The number of aryl methyl sites for hydroxylation is 1. The van der Waals surface area contributed by atoms with Crippen molar-refractivity contribution in [3.8, 4) is 11.6 Å². The number of hydrogen-bond acceptors (Lipinski definition) is 4. The first kappa shape index (κ1) is 19.1. The fraction of sp³-hybridized carbons (Fsp3) is 0.550. The number of morpholine rings is 1. The molecule has 1 saturated carbocycles. The number of ether oxygens (including phenoxy) is 2. The van der Waals surface area contributed by atoms with Gasteiger partial charge in [0.25, 0.3) is 0 Å². The molecular formula is C20H25Cl2N3O2. The molecule has 0 radical (unpaired) electrons. The van der Waals surface area contributed by atoms with Gasteiger partial charge in [0, 0.05) is 31.4 Å². The van der Waals surface area contributed by atoms with Crippen LogP contribution in [-0.2, 0) is 4.74 Å². The molecular weight excluding hydrogens is 385 g/mol. The van der Waals surface area contributed by atoms with Gasteiger partial charge in [-0.15, -0.1) is 5.10 Å². The highest BCUT2D eigenvalue weighted by atomic mass is 35.5. The van der Waals surface area contributed by atoms with Crippen molar-refractivity contribution >= 4 is 23.2 Å². The lowest BCUT2D eigenvalue weighted by Crippen LogP contribution is -2.44. The van der Waals surface area contributed by atoms with Crippen LogP contribution in [0.2, 0.25) is 10.0 Å². The molecule has 2 aliphatic rings. The highest BCUT2D eigenvalue weighted by molar-refractivity contribution is 6.42. The van der Waals surface area contributed by atoms with E-state index in [9.17, 15) is 0 Å². The Labute approximate surface area is 170 Å². The maximum Gasteiger partial charge on any atom is 0.233 e. The third-order valence-corrected chi connectivity index (χ3v) is 6.37. The number of rotatable bonds is 6. The lowest BCUT2D eigenvalue weighted by atomic mass is 9.74. The van der Waals surface area contributed by atoms with Crippen molar-refractivity contribution in [2.24, 2.45) is 11.8 Å². The highest BCUT2D eigenvalue weighted by Crippen LogP contribution is 2.35. The molecule has 2 aromatic rings. The van der Waals surface area contributed by atoms with Crippen LogP contribution in [0.1, 0.15) is 18.5 Å². The van der Waals surface area contributed by atoms with E-state index >= 15 is 0 Å². The number of aromatic nitrogens is 2. The smallest absolute Gasteiger partial charge is 0.233 e. The van der Waals surface area contributed by atoms with E-state index in [1.165, 1.54) is 12.8 Å². The van der Waals surface area contributed by atoms with Crippen LogP contribution in [0, 0.1) is 18.8 Å². The average Bonchev–Trinajstić information content (AvgIpc) is 3.03. The second-order valence-electron chi connectivity index (χ2n) is 7.46. The summed E-state index contributed by atoms with van der Waals surface area (Å²) in [5, 5.41) is 5.65. The maximum atomic E-state index is 6.13. The predicted octanol–water partition coefficient (Wildman–Crippen LogP) is 4.22. The van der Waals surface area contributed by atoms with Crippen molar-refractivity contribution < 1.29 is 9.47 Å². The average molecular weight is 410 g/mol. The molecule has 1 aliphatic carbocycles. The molecule has 0 spiro atoms. The molecule has 2 atom stereocenters. The van der Waals surface area contributed by atoms with Crippen LogP contribution in [0.4, 0.5) is 0 Å². The maximum absolute atomic E-state index is 6.13. The van der Waals surface area contributed by atoms with Gasteiger partial charge < -0.3 is 9.47 Å². The summed E-state index contributed by atoms with van der Waals surface area (Å²) in [7, 11) is 0. The van der Waals surface area contributed by atoms with Crippen LogP contribution < -0.4 is 4.74 Å². The van der Waals surface area contributed by atoms with Crippen molar-refractivity contribution in [3.63, 3.8) is 0 Å². The quantitative estimate of drug-likeness (QED) is 0.715. The molecule has 7 heteroatoms. The standard InChI is InChI=1S/C20H25Cl2N3O2/c1-14-10-20(23-25(14)17-4-5-18(21)19(22)11-17)27-13-16-3-2-15(16)12-24-6-8-26-9-7-24/h4-5,10-11,15-16H,2-3,6-9,12-13H2,1H3/t15-,16-/m0/s1. The van der Waals surface area contributed by atoms with Crippen molar-refractivity contribution in [2.75, 3.05) is 39.5 Å². The van der Waals surface area contributed by atoms with Gasteiger partial charge in [-0.1, -0.05) is 23.2 Å². The molecule has 4 rings (SSSR count). The molecule has 146 valence electrons. The minimum atomic E-state index is 0.520. The largest absolute Gasteiger partial charge is 0.476 e. The van der Waals surface area contributed by atoms with Crippen LogP contribution in [0.5, 0.6) is 5.88 Å². The molecule has 2 heterocycles. The summed E-state index contributed by atoms with van der Waals surface area (Å²) >= 11 is 12.1. The Morgan fingerprint density at radius 3 is 2.59 bits per heavy atom. The second kappa shape index (κ2) is 8.39. The molecule has 1 aromatic carbocycles. The molecule has 0 N–H and O–H groups in total. The molecule has 0 unspecified atom stereocenters. The predicted molar refractivity (Wildman–Crippen MR) is 107 cm³/mol. The van der Waals surface area contributed by atoms with E-state index < -0.39 is 0 Å². The summed E-state index contributed by atoms with van der Waals surface area (Å²) in [6, 6.07) is 7.48. The first-order valence-corrected chi connectivity index (χ1v) is 10.3. The summed E-state index contributed by atoms with van der Waals surface area (Å²) in [5.41, 5.74) is 1.88. The van der Waals surface area contributed by atoms with Crippen molar-refractivity contribution in [3.05, 3.63) is 40.0 Å². The highest BCUT2D eigenvalue weighted by Gasteiger charge is 2.33. The molecule has 0 amide bonds. The van der Waals surface area contributed by atoms with E-state index in [-0.39, 0.29) is 0 Å². The monoisotopic (exact) mass is 409 g/mol. The van der Waals surface area contributed by atoms with Crippen LogP contribution >= 0.6 is 23.2 Å². The van der Waals surface area contributed by atoms with Gasteiger partial charge in [-0.2, -0.15) is 0 Å². The van der Waals surface area contributed by atoms with Crippen LogP contribution in [0.25, 0.3) is 5.69 Å². The van der Waals surface area contributed by atoms with Crippen molar-refractivity contribution in [1.29, 1.82) is 0 Å². The third-order valence-electron chi connectivity index (χ3n) is 5.63. The molecule has 1 aliphatic heterocycles. The van der Waals surface area contributed by atoms with Gasteiger partial charge in [0.05, 0.1) is 35.6 Å². The number of hydrogen-bond donors (Lipinski definition) is 0. The van der Waals surface area contributed by atoms with E-state index in [1.807, 2.05) is 29.8 Å². The fourth-order valence-corrected chi connectivity index (χ4v) is 4.09. The molecule has 1 aromatic heterocycles. The molecule has 1 saturated heterocycles. The van der Waals surface area contributed by atoms with Crippen molar-refractivity contribution in [2.45, 2.75) is 19.8 Å². The Morgan fingerprint density at radius 1 is 1.11 bits per heavy atom. The Bertz CT molecular complexity index is 790. The van der Waals surface area contributed by atoms with Gasteiger partial charge in [0.15, 0.2) is 0 Å². The lowest BCUT2D eigenvalue weighted by Gasteiger charge is -2.40. The Hall–Kier alpha value is -1.27. The molecule has 27 heavy (non-hydrogen) atoms. The van der Waals surface area contributed by atoms with Gasteiger partial charge in [-0.3, -0.25) is 4.90 Å². The zero-order chi connectivity index (χ0) is 18.8. The number of halogens is 2. The topological polar surface area (TPSA) is 39.5 Å². The molecule has 5 nitrogen and oxygen atoms in total. The first-order valence-electron chi connectivity index (χ1n) is 9.55. The van der Waals surface area contributed by atoms with Gasteiger partial charge in [-0.25, -0.2) is 4.68 Å². The SMILES string of the molecule is Cc1cc(OC[C@@H]2CC[C@H]2CN2CCOCC2)nn1-c1ccc(Cl)c(Cl)c1. The normalized spacial score (nSPS) is 23.2. The van der Waals surface area contributed by atoms with E-state index in [0.717, 1.165) is 56.8 Å². The fourth-order valence-electron chi connectivity index (χ4n) is 3.80.